The summed E-state index contributed by atoms with van der Waals surface area (Å²) in [6.45, 7) is 4.91. The maximum absolute atomic E-state index is 6.32. The van der Waals surface area contributed by atoms with Gasteiger partial charge in [-0.25, -0.2) is 9.97 Å². The third-order valence-corrected chi connectivity index (χ3v) is 4.26. The van der Waals surface area contributed by atoms with Crippen molar-refractivity contribution in [1.29, 1.82) is 0 Å². The van der Waals surface area contributed by atoms with E-state index in [1.807, 2.05) is 36.2 Å². The number of hydrogen-bond acceptors (Lipinski definition) is 5. The van der Waals surface area contributed by atoms with Gasteiger partial charge in [-0.15, -0.1) is 0 Å². The van der Waals surface area contributed by atoms with Crippen molar-refractivity contribution in [2.75, 3.05) is 23.0 Å². The molecule has 1 heterocycles. The van der Waals surface area contributed by atoms with Gasteiger partial charge >= 0.3 is 0 Å². The summed E-state index contributed by atoms with van der Waals surface area (Å²) in [6, 6.07) is 16.4. The average Bonchev–Trinajstić information content (AvgIpc) is 2.61. The van der Waals surface area contributed by atoms with Crippen LogP contribution in [0.5, 0.6) is 0 Å². The number of benzene rings is 2. The van der Waals surface area contributed by atoms with E-state index in [1.54, 1.807) is 0 Å². The van der Waals surface area contributed by atoms with Crippen molar-refractivity contribution in [3.05, 3.63) is 71.5 Å². The third-order valence-electron chi connectivity index (χ3n) is 4.26. The van der Waals surface area contributed by atoms with Crippen molar-refractivity contribution in [3.8, 4) is 0 Å². The average molecular weight is 333 g/mol. The van der Waals surface area contributed by atoms with Gasteiger partial charge in [0.1, 0.15) is 12.0 Å². The predicted octanol–water partition coefficient (Wildman–Crippen LogP) is 4.06. The van der Waals surface area contributed by atoms with Crippen molar-refractivity contribution >= 4 is 23.0 Å². The zero-order valence-corrected chi connectivity index (χ0v) is 14.8. The van der Waals surface area contributed by atoms with Crippen LogP contribution in [-0.2, 0) is 6.54 Å². The molecular weight excluding hydrogens is 310 g/mol. The summed E-state index contributed by atoms with van der Waals surface area (Å²) < 4.78 is 0. The highest BCUT2D eigenvalue weighted by molar-refractivity contribution is 5.78. The molecule has 0 bridgehead atoms. The Balaban J connectivity index is 1.82. The molecule has 0 fully saturated rings. The van der Waals surface area contributed by atoms with Crippen LogP contribution >= 0.6 is 0 Å². The second-order valence-electron chi connectivity index (χ2n) is 6.23. The number of rotatable bonds is 5. The number of anilines is 4. The second kappa shape index (κ2) is 7.21. The van der Waals surface area contributed by atoms with Gasteiger partial charge in [0.25, 0.3) is 0 Å². The number of aryl methyl sites for hydroxylation is 2. The topological polar surface area (TPSA) is 67.1 Å². The molecule has 0 spiro atoms. The van der Waals surface area contributed by atoms with E-state index in [1.165, 1.54) is 23.0 Å². The monoisotopic (exact) mass is 333 g/mol. The van der Waals surface area contributed by atoms with Gasteiger partial charge in [0.2, 0.25) is 0 Å². The largest absolute Gasteiger partial charge is 0.393 e. The molecule has 0 unspecified atom stereocenters. The first kappa shape index (κ1) is 16.8. The molecule has 128 valence electrons. The minimum atomic E-state index is 0.541. The normalized spacial score (nSPS) is 10.5. The Labute approximate surface area is 148 Å². The third kappa shape index (κ3) is 3.88. The predicted molar refractivity (Wildman–Crippen MR) is 104 cm³/mol. The van der Waals surface area contributed by atoms with Crippen molar-refractivity contribution < 1.29 is 0 Å². The van der Waals surface area contributed by atoms with Crippen molar-refractivity contribution in [2.45, 2.75) is 20.4 Å². The fraction of sp³-hybridized carbons (Fsp3) is 0.200. The molecule has 0 saturated heterocycles. The van der Waals surface area contributed by atoms with Crippen LogP contribution in [0.15, 0.2) is 54.9 Å². The number of nitrogens with one attached hydrogen (secondary N) is 1. The fourth-order valence-corrected chi connectivity index (χ4v) is 2.68. The highest BCUT2D eigenvalue weighted by Gasteiger charge is 2.13. The van der Waals surface area contributed by atoms with E-state index in [0.29, 0.717) is 17.3 Å². The lowest BCUT2D eigenvalue weighted by molar-refractivity contribution is 0.894. The molecule has 0 aliphatic carbocycles. The van der Waals surface area contributed by atoms with E-state index < -0.39 is 0 Å². The van der Waals surface area contributed by atoms with E-state index >= 15 is 0 Å². The summed E-state index contributed by atoms with van der Waals surface area (Å²) in [6.07, 6.45) is 1.54. The molecule has 25 heavy (non-hydrogen) atoms. The molecule has 0 atom stereocenters. The standard InChI is InChI=1S/C20H23N5/c1-14-9-10-17(11-15(14)2)24-19-18(21)20(23-13-22-19)25(3)12-16-7-5-4-6-8-16/h4-11,13H,12,21H2,1-3H3,(H,22,23,24). The van der Waals surface area contributed by atoms with E-state index in [2.05, 4.69) is 53.4 Å². The Kier molecular flexibility index (Phi) is 4.84. The quantitative estimate of drug-likeness (QED) is 0.737. The number of nitrogen functional groups attached to an aromatic ring is 1. The maximum Gasteiger partial charge on any atom is 0.159 e. The summed E-state index contributed by atoms with van der Waals surface area (Å²) in [5.41, 5.74) is 11.5. The van der Waals surface area contributed by atoms with Gasteiger partial charge in [0.15, 0.2) is 11.6 Å². The highest BCUT2D eigenvalue weighted by Crippen LogP contribution is 2.29. The van der Waals surface area contributed by atoms with Gasteiger partial charge in [-0.05, 0) is 42.7 Å². The van der Waals surface area contributed by atoms with Crippen LogP contribution in [0.25, 0.3) is 0 Å². The molecule has 0 saturated carbocycles. The van der Waals surface area contributed by atoms with Crippen LogP contribution in [0.4, 0.5) is 23.0 Å². The van der Waals surface area contributed by atoms with Crippen molar-refractivity contribution in [2.24, 2.45) is 0 Å². The lowest BCUT2D eigenvalue weighted by Gasteiger charge is -2.21. The molecule has 3 aromatic rings. The Morgan fingerprint density at radius 3 is 2.48 bits per heavy atom. The molecule has 0 radical (unpaired) electrons. The van der Waals surface area contributed by atoms with Crippen LogP contribution in [0.3, 0.4) is 0 Å². The Morgan fingerprint density at radius 2 is 1.76 bits per heavy atom. The van der Waals surface area contributed by atoms with Crippen LogP contribution in [0.2, 0.25) is 0 Å². The summed E-state index contributed by atoms with van der Waals surface area (Å²) in [5.74, 6) is 1.33. The lowest BCUT2D eigenvalue weighted by Crippen LogP contribution is -2.20. The van der Waals surface area contributed by atoms with Gasteiger partial charge in [-0.1, -0.05) is 36.4 Å². The molecule has 3 rings (SSSR count). The molecule has 2 aromatic carbocycles. The second-order valence-corrected chi connectivity index (χ2v) is 6.23. The first-order valence-electron chi connectivity index (χ1n) is 8.24. The fourth-order valence-electron chi connectivity index (χ4n) is 2.68. The Bertz CT molecular complexity index is 861. The number of nitrogens with two attached hydrogens (primary N) is 1. The molecule has 3 N–H and O–H groups in total. The van der Waals surface area contributed by atoms with Gasteiger partial charge in [-0.3, -0.25) is 0 Å². The minimum Gasteiger partial charge on any atom is -0.393 e. The van der Waals surface area contributed by atoms with E-state index in [0.717, 1.165) is 12.2 Å². The zero-order valence-electron chi connectivity index (χ0n) is 14.8. The highest BCUT2D eigenvalue weighted by atomic mass is 15.2. The van der Waals surface area contributed by atoms with Gasteiger partial charge in [0, 0.05) is 19.3 Å². The number of hydrogen-bond donors (Lipinski definition) is 2. The maximum atomic E-state index is 6.32. The molecule has 5 nitrogen and oxygen atoms in total. The van der Waals surface area contributed by atoms with Crippen LogP contribution in [0.1, 0.15) is 16.7 Å². The van der Waals surface area contributed by atoms with Gasteiger partial charge < -0.3 is 16.0 Å². The number of nitrogens with zero attached hydrogens (tertiary/aromatic N) is 3. The first-order valence-corrected chi connectivity index (χ1v) is 8.24. The smallest absolute Gasteiger partial charge is 0.159 e. The zero-order chi connectivity index (χ0) is 17.8. The van der Waals surface area contributed by atoms with Crippen molar-refractivity contribution in [1.82, 2.24) is 9.97 Å². The molecule has 5 heteroatoms. The Morgan fingerprint density at radius 1 is 1.00 bits per heavy atom. The molecule has 0 aliphatic rings. The summed E-state index contributed by atoms with van der Waals surface area (Å²) >= 11 is 0. The summed E-state index contributed by atoms with van der Waals surface area (Å²) in [7, 11) is 1.98. The SMILES string of the molecule is Cc1ccc(Nc2ncnc(N(C)Cc3ccccc3)c2N)cc1C. The molecule has 0 aliphatic heterocycles. The summed E-state index contributed by atoms with van der Waals surface area (Å²) in [4.78, 5) is 10.7. The molecular formula is C20H23N5. The van der Waals surface area contributed by atoms with E-state index in [-0.39, 0.29) is 0 Å². The van der Waals surface area contributed by atoms with Crippen LogP contribution in [-0.4, -0.2) is 17.0 Å². The minimum absolute atomic E-state index is 0.541. The Hall–Kier alpha value is -3.08. The molecule has 0 amide bonds. The van der Waals surface area contributed by atoms with Crippen LogP contribution in [0, 0.1) is 13.8 Å². The lowest BCUT2D eigenvalue weighted by atomic mass is 10.1. The van der Waals surface area contributed by atoms with E-state index in [9.17, 15) is 0 Å². The summed E-state index contributed by atoms with van der Waals surface area (Å²) in [5, 5.41) is 3.30. The molecule has 1 aromatic heterocycles. The number of aromatic nitrogens is 2. The van der Waals surface area contributed by atoms with Crippen molar-refractivity contribution in [3.63, 3.8) is 0 Å². The first-order chi connectivity index (χ1) is 12.0. The van der Waals surface area contributed by atoms with E-state index in [4.69, 9.17) is 5.73 Å². The van der Waals surface area contributed by atoms with Crippen LogP contribution < -0.4 is 16.0 Å². The van der Waals surface area contributed by atoms with Gasteiger partial charge in [0.05, 0.1) is 0 Å². The van der Waals surface area contributed by atoms with Gasteiger partial charge in [-0.2, -0.15) is 0 Å².